The van der Waals surface area contributed by atoms with Gasteiger partial charge in [-0.2, -0.15) is 0 Å². The summed E-state index contributed by atoms with van der Waals surface area (Å²) in [6.07, 6.45) is 1.73. The highest BCUT2D eigenvalue weighted by Crippen LogP contribution is 2.22. The molecular formula is C15H18FN3. The Morgan fingerprint density at radius 1 is 1.32 bits per heavy atom. The first-order chi connectivity index (χ1) is 9.08. The second kappa shape index (κ2) is 5.80. The highest BCUT2D eigenvalue weighted by Gasteiger charge is 2.10. The number of aromatic nitrogens is 1. The van der Waals surface area contributed by atoms with E-state index in [0.29, 0.717) is 12.2 Å². The molecule has 0 saturated carbocycles. The van der Waals surface area contributed by atoms with Crippen molar-refractivity contribution in [3.05, 3.63) is 59.7 Å². The SMILES string of the molecule is C[C@H](N)c1ccc(N(C)Cc2ccccn2)c(F)c1. The number of nitrogens with two attached hydrogens (primary N) is 1. The van der Waals surface area contributed by atoms with Gasteiger partial charge in [0.25, 0.3) is 0 Å². The normalized spacial score (nSPS) is 12.2. The number of pyridine rings is 1. The van der Waals surface area contributed by atoms with Crippen LogP contribution in [0, 0.1) is 5.82 Å². The summed E-state index contributed by atoms with van der Waals surface area (Å²) < 4.78 is 14.0. The van der Waals surface area contributed by atoms with E-state index in [0.717, 1.165) is 11.3 Å². The molecule has 2 N–H and O–H groups in total. The van der Waals surface area contributed by atoms with Gasteiger partial charge >= 0.3 is 0 Å². The van der Waals surface area contributed by atoms with Gasteiger partial charge in [0.2, 0.25) is 0 Å². The maximum Gasteiger partial charge on any atom is 0.146 e. The van der Waals surface area contributed by atoms with Crippen LogP contribution < -0.4 is 10.6 Å². The molecule has 19 heavy (non-hydrogen) atoms. The van der Waals surface area contributed by atoms with E-state index in [1.807, 2.05) is 43.1 Å². The number of hydrogen-bond acceptors (Lipinski definition) is 3. The maximum absolute atomic E-state index is 14.0. The van der Waals surface area contributed by atoms with Crippen molar-refractivity contribution in [2.75, 3.05) is 11.9 Å². The Labute approximate surface area is 112 Å². The molecule has 0 bridgehead atoms. The van der Waals surface area contributed by atoms with Crippen LogP contribution in [0.25, 0.3) is 0 Å². The van der Waals surface area contributed by atoms with Crippen LogP contribution >= 0.6 is 0 Å². The van der Waals surface area contributed by atoms with Gasteiger partial charge in [0.05, 0.1) is 17.9 Å². The van der Waals surface area contributed by atoms with E-state index >= 15 is 0 Å². The number of benzene rings is 1. The maximum atomic E-state index is 14.0. The molecular weight excluding hydrogens is 241 g/mol. The molecule has 0 aliphatic carbocycles. The van der Waals surface area contributed by atoms with Crippen molar-refractivity contribution in [3.63, 3.8) is 0 Å². The third kappa shape index (κ3) is 3.29. The van der Waals surface area contributed by atoms with Crippen LogP contribution in [-0.4, -0.2) is 12.0 Å². The molecule has 3 nitrogen and oxygen atoms in total. The summed E-state index contributed by atoms with van der Waals surface area (Å²) in [5.74, 6) is -0.256. The van der Waals surface area contributed by atoms with Crippen molar-refractivity contribution in [2.24, 2.45) is 5.73 Å². The third-order valence-corrected chi connectivity index (χ3v) is 3.03. The summed E-state index contributed by atoms with van der Waals surface area (Å²) in [6.45, 7) is 2.40. The molecule has 0 aliphatic heterocycles. The lowest BCUT2D eigenvalue weighted by atomic mass is 10.1. The third-order valence-electron chi connectivity index (χ3n) is 3.03. The Morgan fingerprint density at radius 3 is 2.68 bits per heavy atom. The Balaban J connectivity index is 2.17. The number of hydrogen-bond donors (Lipinski definition) is 1. The Bertz CT molecular complexity index is 540. The van der Waals surface area contributed by atoms with Gasteiger partial charge in [0.1, 0.15) is 5.82 Å². The van der Waals surface area contributed by atoms with Gasteiger partial charge < -0.3 is 10.6 Å². The fourth-order valence-corrected chi connectivity index (χ4v) is 1.94. The summed E-state index contributed by atoms with van der Waals surface area (Å²) in [7, 11) is 1.85. The molecule has 1 aromatic carbocycles. The van der Waals surface area contributed by atoms with E-state index in [1.165, 1.54) is 6.07 Å². The van der Waals surface area contributed by atoms with Gasteiger partial charge in [-0.25, -0.2) is 4.39 Å². The Kier molecular flexibility index (Phi) is 4.12. The number of nitrogens with zero attached hydrogens (tertiary/aromatic N) is 2. The first-order valence-corrected chi connectivity index (χ1v) is 6.24. The van der Waals surface area contributed by atoms with Gasteiger partial charge in [-0.3, -0.25) is 4.98 Å². The Morgan fingerprint density at radius 2 is 2.11 bits per heavy atom. The van der Waals surface area contributed by atoms with Crippen LogP contribution in [0.15, 0.2) is 42.6 Å². The molecule has 1 atom stereocenters. The molecule has 0 amide bonds. The number of halogens is 1. The van der Waals surface area contributed by atoms with Gasteiger partial charge in [0, 0.05) is 19.3 Å². The van der Waals surface area contributed by atoms with Crippen molar-refractivity contribution in [1.29, 1.82) is 0 Å². The summed E-state index contributed by atoms with van der Waals surface area (Å²) in [5, 5.41) is 0. The highest BCUT2D eigenvalue weighted by molar-refractivity contribution is 5.49. The van der Waals surface area contributed by atoms with Crippen molar-refractivity contribution in [3.8, 4) is 0 Å². The van der Waals surface area contributed by atoms with Crippen molar-refractivity contribution in [2.45, 2.75) is 19.5 Å². The van der Waals surface area contributed by atoms with Crippen LogP contribution in [0.2, 0.25) is 0 Å². The average Bonchev–Trinajstić information content (AvgIpc) is 2.39. The lowest BCUT2D eigenvalue weighted by Crippen LogP contribution is -2.18. The highest BCUT2D eigenvalue weighted by atomic mass is 19.1. The van der Waals surface area contributed by atoms with Crippen LogP contribution in [0.1, 0.15) is 24.2 Å². The zero-order chi connectivity index (χ0) is 13.8. The van der Waals surface area contributed by atoms with E-state index in [4.69, 9.17) is 5.73 Å². The minimum Gasteiger partial charge on any atom is -0.366 e. The molecule has 0 aliphatic rings. The largest absolute Gasteiger partial charge is 0.366 e. The Hall–Kier alpha value is -1.94. The standard InChI is InChI=1S/C15H18FN3/c1-11(17)12-6-7-15(14(16)9-12)19(2)10-13-5-3-4-8-18-13/h3-9,11H,10,17H2,1-2H3/t11-/m0/s1. The van der Waals surface area contributed by atoms with E-state index in [-0.39, 0.29) is 11.9 Å². The molecule has 4 heteroatoms. The summed E-state index contributed by atoms with van der Waals surface area (Å²) in [4.78, 5) is 6.07. The van der Waals surface area contributed by atoms with Gasteiger partial charge in [-0.15, -0.1) is 0 Å². The van der Waals surface area contributed by atoms with Crippen molar-refractivity contribution >= 4 is 5.69 Å². The van der Waals surface area contributed by atoms with Crippen LogP contribution in [0.5, 0.6) is 0 Å². The number of rotatable bonds is 4. The fraction of sp³-hybridized carbons (Fsp3) is 0.267. The zero-order valence-electron chi connectivity index (χ0n) is 11.2. The molecule has 2 aromatic rings. The van der Waals surface area contributed by atoms with Gasteiger partial charge in [0.15, 0.2) is 0 Å². The minimum absolute atomic E-state index is 0.162. The molecule has 0 radical (unpaired) electrons. The minimum atomic E-state index is -0.256. The van der Waals surface area contributed by atoms with E-state index in [1.54, 1.807) is 12.3 Å². The average molecular weight is 259 g/mol. The summed E-state index contributed by atoms with van der Waals surface area (Å²) in [6, 6.07) is 10.7. The molecule has 0 fully saturated rings. The first-order valence-electron chi connectivity index (χ1n) is 6.24. The van der Waals surface area contributed by atoms with E-state index in [2.05, 4.69) is 4.98 Å². The monoisotopic (exact) mass is 259 g/mol. The van der Waals surface area contributed by atoms with Crippen LogP contribution in [0.4, 0.5) is 10.1 Å². The predicted molar refractivity (Wildman–Crippen MR) is 75.3 cm³/mol. The fourth-order valence-electron chi connectivity index (χ4n) is 1.94. The summed E-state index contributed by atoms with van der Waals surface area (Å²) >= 11 is 0. The molecule has 1 heterocycles. The molecule has 0 spiro atoms. The number of anilines is 1. The van der Waals surface area contributed by atoms with Crippen molar-refractivity contribution < 1.29 is 4.39 Å². The van der Waals surface area contributed by atoms with E-state index < -0.39 is 0 Å². The molecule has 2 rings (SSSR count). The molecule has 1 aromatic heterocycles. The van der Waals surface area contributed by atoms with Gasteiger partial charge in [-0.1, -0.05) is 12.1 Å². The molecule has 100 valence electrons. The topological polar surface area (TPSA) is 42.1 Å². The summed E-state index contributed by atoms with van der Waals surface area (Å²) in [5.41, 5.74) is 8.00. The zero-order valence-corrected chi connectivity index (χ0v) is 11.2. The van der Waals surface area contributed by atoms with Crippen LogP contribution in [-0.2, 0) is 6.54 Å². The second-order valence-electron chi connectivity index (χ2n) is 4.68. The van der Waals surface area contributed by atoms with E-state index in [9.17, 15) is 4.39 Å². The quantitative estimate of drug-likeness (QED) is 0.918. The second-order valence-corrected chi connectivity index (χ2v) is 4.68. The predicted octanol–water partition coefficient (Wildman–Crippen LogP) is 2.88. The molecule has 0 saturated heterocycles. The first kappa shape index (κ1) is 13.5. The molecule has 0 unspecified atom stereocenters. The lowest BCUT2D eigenvalue weighted by Gasteiger charge is -2.20. The lowest BCUT2D eigenvalue weighted by molar-refractivity contribution is 0.616. The van der Waals surface area contributed by atoms with Crippen molar-refractivity contribution in [1.82, 2.24) is 4.98 Å². The van der Waals surface area contributed by atoms with Gasteiger partial charge in [-0.05, 0) is 36.8 Å². The van der Waals surface area contributed by atoms with Crippen LogP contribution in [0.3, 0.4) is 0 Å². The smallest absolute Gasteiger partial charge is 0.146 e.